The van der Waals surface area contributed by atoms with Gasteiger partial charge in [0.25, 0.3) is 0 Å². The van der Waals surface area contributed by atoms with Crippen molar-refractivity contribution in [2.75, 3.05) is 0 Å². The van der Waals surface area contributed by atoms with Gasteiger partial charge < -0.3 is 4.74 Å². The standard InChI is InChI=1S/C37H25O2/c1-4-14-26(15-5-1)35-24-31(29-20-10-12-22-33(29)38-35)37(28-18-8-3-9-19-28)32-25-36(27-16-6-2-7-17-27)39-34-23-13-11-21-30(32)34/h1-25H/q+1. The van der Waals surface area contributed by atoms with Crippen LogP contribution in [0.1, 0.15) is 22.3 Å². The zero-order valence-electron chi connectivity index (χ0n) is 21.3. The van der Waals surface area contributed by atoms with Gasteiger partial charge in [0.2, 0.25) is 0 Å². The third kappa shape index (κ3) is 4.32. The molecular formula is C37H25O2+. The number of fused-ring (bicyclic) bond motifs is 2. The number of benzene rings is 5. The molecule has 0 atom stereocenters. The number of para-hydroxylation sites is 2. The van der Waals surface area contributed by atoms with E-state index in [9.17, 15) is 0 Å². The van der Waals surface area contributed by atoms with Crippen LogP contribution in [0, 0.1) is 0 Å². The number of hydrogen-bond donors (Lipinski definition) is 0. The van der Waals surface area contributed by atoms with Crippen LogP contribution in [-0.2, 0) is 0 Å². The lowest BCUT2D eigenvalue weighted by atomic mass is 9.86. The SMILES string of the molecule is C1=C(c2ccccc2)Oc2ccccc2C1=C(c1ccccc1)c1cc(-c2ccccc2)[o+]c2ccccc12. The van der Waals surface area contributed by atoms with Crippen molar-refractivity contribution in [2.24, 2.45) is 0 Å². The molecule has 1 aliphatic rings. The van der Waals surface area contributed by atoms with E-state index in [1.807, 2.05) is 60.7 Å². The molecule has 0 N–H and O–H groups in total. The zero-order valence-corrected chi connectivity index (χ0v) is 21.3. The van der Waals surface area contributed by atoms with Crippen LogP contribution in [0.3, 0.4) is 0 Å². The Bertz CT molecular complexity index is 1850. The Morgan fingerprint density at radius 3 is 1.95 bits per heavy atom. The number of hydrogen-bond acceptors (Lipinski definition) is 1. The maximum absolute atomic E-state index is 6.46. The van der Waals surface area contributed by atoms with Crippen molar-refractivity contribution in [3.63, 3.8) is 0 Å². The van der Waals surface area contributed by atoms with Crippen LogP contribution in [0.5, 0.6) is 5.75 Å². The molecule has 0 bridgehead atoms. The Balaban J connectivity index is 1.60. The lowest BCUT2D eigenvalue weighted by Gasteiger charge is -2.24. The van der Waals surface area contributed by atoms with E-state index in [1.54, 1.807) is 0 Å². The molecule has 0 amide bonds. The van der Waals surface area contributed by atoms with Crippen molar-refractivity contribution in [1.82, 2.24) is 0 Å². The van der Waals surface area contributed by atoms with Crippen LogP contribution < -0.4 is 4.74 Å². The van der Waals surface area contributed by atoms with Gasteiger partial charge >= 0.3 is 11.3 Å². The maximum Gasteiger partial charge on any atom is 0.361 e. The van der Waals surface area contributed by atoms with E-state index in [2.05, 4.69) is 91.0 Å². The normalized spacial score (nSPS) is 13.8. The largest absolute Gasteiger partial charge is 0.456 e. The fourth-order valence-electron chi connectivity index (χ4n) is 5.23. The van der Waals surface area contributed by atoms with Gasteiger partial charge in [0.05, 0.1) is 17.0 Å². The number of allylic oxidation sites excluding steroid dienone is 2. The first-order chi connectivity index (χ1) is 19.3. The van der Waals surface area contributed by atoms with Crippen molar-refractivity contribution in [1.29, 1.82) is 0 Å². The van der Waals surface area contributed by atoms with Crippen LogP contribution in [0.4, 0.5) is 0 Å². The fraction of sp³-hybridized carbons (Fsp3) is 0. The Labute approximate surface area is 227 Å². The molecule has 7 rings (SSSR count). The van der Waals surface area contributed by atoms with Gasteiger partial charge in [-0.25, -0.2) is 4.42 Å². The lowest BCUT2D eigenvalue weighted by Crippen LogP contribution is -2.06. The van der Waals surface area contributed by atoms with Crippen molar-refractivity contribution in [2.45, 2.75) is 0 Å². The van der Waals surface area contributed by atoms with Crippen LogP contribution in [0.25, 0.3) is 39.2 Å². The molecule has 2 nitrogen and oxygen atoms in total. The zero-order chi connectivity index (χ0) is 26.0. The molecule has 2 heterocycles. The summed E-state index contributed by atoms with van der Waals surface area (Å²) in [6.45, 7) is 0. The maximum atomic E-state index is 6.46. The lowest BCUT2D eigenvalue weighted by molar-refractivity contribution is 0.509. The molecule has 0 saturated heterocycles. The molecule has 39 heavy (non-hydrogen) atoms. The first kappa shape index (κ1) is 22.9. The molecule has 0 aliphatic carbocycles. The van der Waals surface area contributed by atoms with E-state index in [-0.39, 0.29) is 0 Å². The van der Waals surface area contributed by atoms with Gasteiger partial charge in [-0.1, -0.05) is 109 Å². The highest BCUT2D eigenvalue weighted by molar-refractivity contribution is 6.10. The summed E-state index contributed by atoms with van der Waals surface area (Å²) < 4.78 is 12.9. The first-order valence-corrected chi connectivity index (χ1v) is 13.1. The number of rotatable bonds is 4. The topological polar surface area (TPSA) is 20.5 Å². The van der Waals surface area contributed by atoms with Gasteiger partial charge in [-0.05, 0) is 47.1 Å². The van der Waals surface area contributed by atoms with Crippen LogP contribution in [-0.4, -0.2) is 0 Å². The molecule has 0 saturated carbocycles. The second kappa shape index (κ2) is 9.92. The van der Waals surface area contributed by atoms with Crippen molar-refractivity contribution < 1.29 is 9.15 Å². The van der Waals surface area contributed by atoms with Gasteiger partial charge in [0, 0.05) is 22.8 Å². The highest BCUT2D eigenvalue weighted by atomic mass is 16.5. The summed E-state index contributed by atoms with van der Waals surface area (Å²) in [5.74, 6) is 2.49. The smallest absolute Gasteiger partial charge is 0.361 e. The van der Waals surface area contributed by atoms with E-state index in [0.29, 0.717) is 0 Å². The molecule has 0 fully saturated rings. The monoisotopic (exact) mass is 501 g/mol. The summed E-state index contributed by atoms with van der Waals surface area (Å²) >= 11 is 0. The number of ether oxygens (including phenoxy) is 1. The summed E-state index contributed by atoms with van der Waals surface area (Å²) in [5, 5.41) is 1.06. The highest BCUT2D eigenvalue weighted by Crippen LogP contribution is 2.45. The van der Waals surface area contributed by atoms with Crippen molar-refractivity contribution in [3.05, 3.63) is 174 Å². The van der Waals surface area contributed by atoms with Gasteiger partial charge in [-0.3, -0.25) is 0 Å². The average molecular weight is 502 g/mol. The predicted octanol–water partition coefficient (Wildman–Crippen LogP) is 9.77. The van der Waals surface area contributed by atoms with E-state index in [4.69, 9.17) is 9.15 Å². The van der Waals surface area contributed by atoms with E-state index in [1.165, 1.54) is 0 Å². The highest BCUT2D eigenvalue weighted by Gasteiger charge is 2.26. The molecule has 1 aromatic heterocycles. The Hall–Kier alpha value is -5.21. The predicted molar refractivity (Wildman–Crippen MR) is 160 cm³/mol. The van der Waals surface area contributed by atoms with Gasteiger partial charge in [-0.2, -0.15) is 0 Å². The van der Waals surface area contributed by atoms with E-state index in [0.717, 1.165) is 67.2 Å². The Morgan fingerprint density at radius 1 is 0.564 bits per heavy atom. The van der Waals surface area contributed by atoms with Gasteiger partial charge in [0.1, 0.15) is 11.5 Å². The molecule has 0 spiro atoms. The molecule has 0 unspecified atom stereocenters. The summed E-state index contributed by atoms with van der Waals surface area (Å²) in [4.78, 5) is 0. The molecule has 6 aromatic rings. The minimum absolute atomic E-state index is 0.825. The van der Waals surface area contributed by atoms with Crippen molar-refractivity contribution >= 4 is 27.9 Å². The van der Waals surface area contributed by atoms with Crippen LogP contribution in [0.15, 0.2) is 156 Å². The summed E-state index contributed by atoms with van der Waals surface area (Å²) in [6.07, 6.45) is 2.18. The van der Waals surface area contributed by atoms with Crippen LogP contribution >= 0.6 is 0 Å². The molecular weight excluding hydrogens is 476 g/mol. The molecule has 0 radical (unpaired) electrons. The molecule has 2 heteroatoms. The molecule has 1 aliphatic heterocycles. The third-order valence-electron chi connectivity index (χ3n) is 7.06. The summed E-state index contributed by atoms with van der Waals surface area (Å²) in [5.41, 5.74) is 8.45. The minimum Gasteiger partial charge on any atom is -0.456 e. The Kier molecular flexibility index (Phi) is 5.84. The van der Waals surface area contributed by atoms with Gasteiger partial charge in [-0.15, -0.1) is 0 Å². The molecule has 184 valence electrons. The minimum atomic E-state index is 0.825. The third-order valence-corrected chi connectivity index (χ3v) is 7.06. The van der Waals surface area contributed by atoms with Crippen molar-refractivity contribution in [3.8, 4) is 17.1 Å². The fourth-order valence-corrected chi connectivity index (χ4v) is 5.23. The summed E-state index contributed by atoms with van der Waals surface area (Å²) in [7, 11) is 0. The van der Waals surface area contributed by atoms with E-state index >= 15 is 0 Å². The van der Waals surface area contributed by atoms with E-state index < -0.39 is 0 Å². The second-order valence-electron chi connectivity index (χ2n) is 9.51. The van der Waals surface area contributed by atoms with Crippen LogP contribution in [0.2, 0.25) is 0 Å². The second-order valence-corrected chi connectivity index (χ2v) is 9.51. The first-order valence-electron chi connectivity index (χ1n) is 13.1. The molecule has 5 aromatic carbocycles. The average Bonchev–Trinajstić information content (AvgIpc) is 3.02. The summed E-state index contributed by atoms with van der Waals surface area (Å²) in [6, 6.07) is 49.9. The van der Waals surface area contributed by atoms with Gasteiger partial charge in [0.15, 0.2) is 0 Å². The Morgan fingerprint density at radius 2 is 1.18 bits per heavy atom. The quantitative estimate of drug-likeness (QED) is 0.224.